The molecule has 1 saturated heterocycles. The van der Waals surface area contributed by atoms with Crippen molar-refractivity contribution < 1.29 is 19.1 Å². The van der Waals surface area contributed by atoms with Crippen LogP contribution in [0.1, 0.15) is 23.6 Å². The molecular weight excluding hydrogens is 432 g/mol. The third-order valence-electron chi connectivity index (χ3n) is 6.27. The summed E-state index contributed by atoms with van der Waals surface area (Å²) in [6.07, 6.45) is 0.512. The molecule has 3 aromatic rings. The zero-order valence-corrected chi connectivity index (χ0v) is 19.0. The van der Waals surface area contributed by atoms with Crippen molar-refractivity contribution in [1.29, 1.82) is 0 Å². The van der Waals surface area contributed by atoms with Gasteiger partial charge in [0.2, 0.25) is 0 Å². The van der Waals surface area contributed by atoms with Crippen molar-refractivity contribution in [1.82, 2.24) is 14.8 Å². The number of benzene rings is 3. The summed E-state index contributed by atoms with van der Waals surface area (Å²) in [6.45, 7) is -0.372. The Hall–Kier alpha value is -4.20. The van der Waals surface area contributed by atoms with Gasteiger partial charge in [0.15, 0.2) is 0 Å². The normalized spacial score (nSPS) is 18.1. The lowest BCUT2D eigenvalue weighted by atomic mass is 9.97. The lowest BCUT2D eigenvalue weighted by molar-refractivity contribution is -0.137. The van der Waals surface area contributed by atoms with Gasteiger partial charge < -0.3 is 9.64 Å². The van der Waals surface area contributed by atoms with Crippen LogP contribution in [0.5, 0.6) is 5.75 Å². The van der Waals surface area contributed by atoms with E-state index in [1.54, 1.807) is 7.11 Å². The number of ether oxygens (including phenoxy) is 1. The van der Waals surface area contributed by atoms with E-state index in [2.05, 4.69) is 11.2 Å². The van der Waals surface area contributed by atoms with Crippen molar-refractivity contribution in [3.8, 4) is 5.75 Å². The molecule has 0 spiro atoms. The van der Waals surface area contributed by atoms with Gasteiger partial charge in [0, 0.05) is 13.5 Å². The number of imide groups is 1. The monoisotopic (exact) mass is 456 g/mol. The molecule has 1 fully saturated rings. The molecule has 8 nitrogen and oxygen atoms in total. The molecule has 2 aliphatic heterocycles. The molecular formula is C26H24N4O4. The predicted molar refractivity (Wildman–Crippen MR) is 127 cm³/mol. The zero-order valence-electron chi connectivity index (χ0n) is 19.0. The Morgan fingerprint density at radius 1 is 1.03 bits per heavy atom. The molecule has 1 atom stereocenters. The van der Waals surface area contributed by atoms with Gasteiger partial charge in [0.05, 0.1) is 18.9 Å². The number of hydrogen-bond donors (Lipinski definition) is 0. The van der Waals surface area contributed by atoms with Crippen molar-refractivity contribution in [3.63, 3.8) is 0 Å². The molecule has 34 heavy (non-hydrogen) atoms. The van der Waals surface area contributed by atoms with Crippen LogP contribution in [0, 0.1) is 0 Å². The third-order valence-corrected chi connectivity index (χ3v) is 6.27. The number of rotatable bonds is 5. The van der Waals surface area contributed by atoms with Gasteiger partial charge in [-0.2, -0.15) is 5.10 Å². The molecule has 0 aromatic heterocycles. The van der Waals surface area contributed by atoms with Gasteiger partial charge in [-0.3, -0.25) is 14.5 Å². The van der Waals surface area contributed by atoms with E-state index in [-0.39, 0.29) is 25.0 Å². The quantitative estimate of drug-likeness (QED) is 0.551. The summed E-state index contributed by atoms with van der Waals surface area (Å²) in [5.74, 6) is -0.0834. The summed E-state index contributed by atoms with van der Waals surface area (Å²) in [6, 6.07) is 20.8. The maximum atomic E-state index is 13.3. The molecule has 0 unspecified atom stereocenters. The number of carbonyl (C=O) groups is 3. The molecule has 0 aliphatic carbocycles. The predicted octanol–water partition coefficient (Wildman–Crippen LogP) is 3.42. The Bertz CT molecular complexity index is 1320. The molecule has 0 saturated carbocycles. The minimum Gasteiger partial charge on any atom is -0.497 e. The number of likely N-dealkylation sites (N-methyl/N-ethyl adjacent to an activating group) is 1. The second-order valence-corrected chi connectivity index (χ2v) is 8.46. The highest BCUT2D eigenvalue weighted by atomic mass is 16.5. The van der Waals surface area contributed by atoms with Crippen molar-refractivity contribution >= 4 is 34.3 Å². The Labute approximate surface area is 197 Å². The molecule has 0 bridgehead atoms. The first-order valence-electron chi connectivity index (χ1n) is 11.0. The molecule has 3 aromatic carbocycles. The van der Waals surface area contributed by atoms with E-state index in [9.17, 15) is 14.4 Å². The maximum Gasteiger partial charge on any atom is 0.327 e. The van der Waals surface area contributed by atoms with E-state index in [1.165, 1.54) is 17.0 Å². The van der Waals surface area contributed by atoms with E-state index < -0.39 is 11.9 Å². The highest BCUT2D eigenvalue weighted by Crippen LogP contribution is 2.34. The number of hydrogen-bond acceptors (Lipinski definition) is 5. The fourth-order valence-electron chi connectivity index (χ4n) is 4.40. The zero-order chi connectivity index (χ0) is 23.8. The average Bonchev–Trinajstić information content (AvgIpc) is 3.41. The van der Waals surface area contributed by atoms with Crippen LogP contribution >= 0.6 is 0 Å². The number of hydrazone groups is 1. The number of nitrogens with zero attached hydrogens (tertiary/aromatic N) is 4. The number of urea groups is 1. The topological polar surface area (TPSA) is 82.5 Å². The molecule has 0 N–H and O–H groups in total. The number of carbonyl (C=O) groups excluding carboxylic acids is 3. The Kier molecular flexibility index (Phi) is 5.49. The summed E-state index contributed by atoms with van der Waals surface area (Å²) < 4.78 is 5.26. The van der Waals surface area contributed by atoms with Crippen LogP contribution in [0.4, 0.5) is 4.79 Å². The molecule has 2 aliphatic rings. The van der Waals surface area contributed by atoms with E-state index >= 15 is 0 Å². The van der Waals surface area contributed by atoms with E-state index in [0.717, 1.165) is 32.5 Å². The molecule has 5 rings (SSSR count). The standard InChI is InChI=1S/C26H24N4O4/c1-28-15-24(31)29(26(28)33)16-25(32)30-23(18-9-11-21(34-2)12-10-18)14-22(27-30)20-8-7-17-5-3-4-6-19(17)13-20/h3-13,23H,14-16H2,1-2H3/t23-/m1/s1. The summed E-state index contributed by atoms with van der Waals surface area (Å²) in [7, 11) is 3.14. The van der Waals surface area contributed by atoms with Crippen LogP contribution in [0.15, 0.2) is 71.8 Å². The van der Waals surface area contributed by atoms with Crippen LogP contribution in [0.25, 0.3) is 10.8 Å². The second-order valence-electron chi connectivity index (χ2n) is 8.46. The van der Waals surface area contributed by atoms with Gasteiger partial charge in [0.25, 0.3) is 11.8 Å². The number of amides is 4. The summed E-state index contributed by atoms with van der Waals surface area (Å²) in [4.78, 5) is 40.1. The lowest BCUT2D eigenvalue weighted by Crippen LogP contribution is -2.41. The Morgan fingerprint density at radius 3 is 2.44 bits per heavy atom. The molecule has 2 heterocycles. The fraction of sp³-hybridized carbons (Fsp3) is 0.231. The summed E-state index contributed by atoms with van der Waals surface area (Å²) in [5, 5.41) is 8.30. The second kappa shape index (κ2) is 8.62. The van der Waals surface area contributed by atoms with E-state index in [1.807, 2.05) is 60.7 Å². The molecule has 8 heteroatoms. The van der Waals surface area contributed by atoms with Gasteiger partial charge in [0.1, 0.15) is 18.8 Å². The molecule has 172 valence electrons. The van der Waals surface area contributed by atoms with Gasteiger partial charge in [-0.15, -0.1) is 0 Å². The largest absolute Gasteiger partial charge is 0.497 e. The highest BCUT2D eigenvalue weighted by molar-refractivity contribution is 6.07. The first-order valence-corrected chi connectivity index (χ1v) is 11.0. The van der Waals surface area contributed by atoms with Crippen molar-refractivity contribution in [2.75, 3.05) is 27.2 Å². The minimum absolute atomic E-state index is 0.0281. The average molecular weight is 457 g/mol. The smallest absolute Gasteiger partial charge is 0.327 e. The summed E-state index contributed by atoms with van der Waals surface area (Å²) in [5.41, 5.74) is 2.60. The van der Waals surface area contributed by atoms with Crippen LogP contribution in [-0.4, -0.2) is 65.6 Å². The maximum absolute atomic E-state index is 13.3. The Balaban J connectivity index is 1.48. The molecule has 0 radical (unpaired) electrons. The lowest BCUT2D eigenvalue weighted by Gasteiger charge is -2.24. The number of methoxy groups -OCH3 is 1. The van der Waals surface area contributed by atoms with Crippen LogP contribution < -0.4 is 4.74 Å². The van der Waals surface area contributed by atoms with Crippen molar-refractivity contribution in [3.05, 3.63) is 77.9 Å². The van der Waals surface area contributed by atoms with Crippen molar-refractivity contribution in [2.45, 2.75) is 12.5 Å². The fourth-order valence-corrected chi connectivity index (χ4v) is 4.40. The minimum atomic E-state index is -0.475. The Morgan fingerprint density at radius 2 is 1.76 bits per heavy atom. The van der Waals surface area contributed by atoms with Gasteiger partial charge in [-0.05, 0) is 40.1 Å². The third kappa shape index (κ3) is 3.87. The first kappa shape index (κ1) is 21.6. The number of fused-ring (bicyclic) bond motifs is 1. The van der Waals surface area contributed by atoms with Gasteiger partial charge in [-0.25, -0.2) is 9.80 Å². The van der Waals surface area contributed by atoms with E-state index in [0.29, 0.717) is 12.2 Å². The highest BCUT2D eigenvalue weighted by Gasteiger charge is 2.39. The summed E-state index contributed by atoms with van der Waals surface area (Å²) >= 11 is 0. The van der Waals surface area contributed by atoms with E-state index in [4.69, 9.17) is 4.74 Å². The first-order chi connectivity index (χ1) is 16.4. The van der Waals surface area contributed by atoms with Crippen LogP contribution in [-0.2, 0) is 9.59 Å². The van der Waals surface area contributed by atoms with Crippen molar-refractivity contribution in [2.24, 2.45) is 5.10 Å². The van der Waals surface area contributed by atoms with Gasteiger partial charge >= 0.3 is 6.03 Å². The van der Waals surface area contributed by atoms with Gasteiger partial charge in [-0.1, -0.05) is 48.5 Å². The molecule has 4 amide bonds. The SMILES string of the molecule is COc1ccc([C@H]2CC(c3ccc4ccccc4c3)=NN2C(=O)CN2C(=O)CN(C)C2=O)cc1. The van der Waals surface area contributed by atoms with Crippen LogP contribution in [0.2, 0.25) is 0 Å². The van der Waals surface area contributed by atoms with Crippen LogP contribution in [0.3, 0.4) is 0 Å².